The Balaban J connectivity index is 1.18. The maximum absolute atomic E-state index is 6.07. The standard InChI is InChI=1S/C28H32N2O2/c1-29(16-22-9-4-2-5-10-22)20-27-28(32-27)25-14-8-13-24(15-25)18-30(19-26-21-31-26)17-23-11-6-3-7-12-23/h2-15,26-28H,16-21H2,1H3. The van der Waals surface area contributed by atoms with Crippen LogP contribution in [0.4, 0.5) is 0 Å². The van der Waals surface area contributed by atoms with Gasteiger partial charge in [-0.1, -0.05) is 84.9 Å². The summed E-state index contributed by atoms with van der Waals surface area (Å²) in [7, 11) is 2.17. The highest BCUT2D eigenvalue weighted by Crippen LogP contribution is 2.39. The quantitative estimate of drug-likeness (QED) is 0.416. The van der Waals surface area contributed by atoms with E-state index < -0.39 is 0 Å². The van der Waals surface area contributed by atoms with Crippen LogP contribution in [0.2, 0.25) is 0 Å². The highest BCUT2D eigenvalue weighted by Gasteiger charge is 2.40. The average molecular weight is 429 g/mol. The molecule has 4 nitrogen and oxygen atoms in total. The van der Waals surface area contributed by atoms with E-state index in [0.29, 0.717) is 6.10 Å². The molecule has 0 saturated carbocycles. The lowest BCUT2D eigenvalue weighted by molar-refractivity contribution is 0.227. The predicted octanol–water partition coefficient (Wildman–Crippen LogP) is 4.66. The molecule has 0 bridgehead atoms. The summed E-state index contributed by atoms with van der Waals surface area (Å²) in [6.07, 6.45) is 0.875. The fourth-order valence-electron chi connectivity index (χ4n) is 4.46. The topological polar surface area (TPSA) is 31.5 Å². The SMILES string of the molecule is CN(Cc1ccccc1)CC1OC1c1cccc(CN(Cc2ccccc2)CC2CO2)c1. The van der Waals surface area contributed by atoms with Crippen LogP contribution in [0.5, 0.6) is 0 Å². The van der Waals surface area contributed by atoms with Crippen molar-refractivity contribution in [2.45, 2.75) is 37.9 Å². The summed E-state index contributed by atoms with van der Waals surface area (Å²) < 4.78 is 11.6. The van der Waals surface area contributed by atoms with Crippen molar-refractivity contribution < 1.29 is 9.47 Å². The van der Waals surface area contributed by atoms with Crippen molar-refractivity contribution in [2.75, 3.05) is 26.7 Å². The third-order valence-electron chi connectivity index (χ3n) is 6.17. The molecule has 0 radical (unpaired) electrons. The molecule has 3 aromatic rings. The minimum atomic E-state index is 0.211. The van der Waals surface area contributed by atoms with E-state index in [9.17, 15) is 0 Å². The molecule has 2 saturated heterocycles. The largest absolute Gasteiger partial charge is 0.372 e. The molecule has 2 aliphatic rings. The minimum Gasteiger partial charge on any atom is -0.372 e. The maximum Gasteiger partial charge on any atom is 0.110 e. The lowest BCUT2D eigenvalue weighted by Crippen LogP contribution is -2.27. The number of likely N-dealkylation sites (N-methyl/N-ethyl adjacent to an activating group) is 1. The van der Waals surface area contributed by atoms with E-state index in [2.05, 4.69) is 102 Å². The van der Waals surface area contributed by atoms with Gasteiger partial charge in [-0.05, 0) is 29.3 Å². The lowest BCUT2D eigenvalue weighted by Gasteiger charge is -2.22. The van der Waals surface area contributed by atoms with Crippen molar-refractivity contribution in [3.8, 4) is 0 Å². The van der Waals surface area contributed by atoms with E-state index in [0.717, 1.165) is 39.3 Å². The van der Waals surface area contributed by atoms with E-state index in [1.165, 1.54) is 22.3 Å². The minimum absolute atomic E-state index is 0.211. The number of ether oxygens (including phenoxy) is 2. The predicted molar refractivity (Wildman–Crippen MR) is 127 cm³/mol. The van der Waals surface area contributed by atoms with Crippen molar-refractivity contribution in [2.24, 2.45) is 0 Å². The summed E-state index contributed by atoms with van der Waals surface area (Å²) >= 11 is 0. The van der Waals surface area contributed by atoms with Gasteiger partial charge in [0.2, 0.25) is 0 Å². The lowest BCUT2D eigenvalue weighted by atomic mass is 10.1. The number of hydrogen-bond acceptors (Lipinski definition) is 4. The van der Waals surface area contributed by atoms with Crippen molar-refractivity contribution in [1.29, 1.82) is 0 Å². The van der Waals surface area contributed by atoms with Crippen LogP contribution < -0.4 is 0 Å². The molecule has 2 aliphatic heterocycles. The number of hydrogen-bond donors (Lipinski definition) is 0. The van der Waals surface area contributed by atoms with Gasteiger partial charge >= 0.3 is 0 Å². The van der Waals surface area contributed by atoms with Gasteiger partial charge in [0.15, 0.2) is 0 Å². The summed E-state index contributed by atoms with van der Waals surface area (Å²) in [6, 6.07) is 30.3. The zero-order valence-electron chi connectivity index (χ0n) is 18.8. The van der Waals surface area contributed by atoms with Gasteiger partial charge in [0.25, 0.3) is 0 Å². The number of rotatable bonds is 11. The molecule has 0 aromatic heterocycles. The van der Waals surface area contributed by atoms with E-state index in [1.54, 1.807) is 0 Å². The second-order valence-corrected chi connectivity index (χ2v) is 9.13. The highest BCUT2D eigenvalue weighted by molar-refractivity contribution is 5.29. The second-order valence-electron chi connectivity index (χ2n) is 9.13. The zero-order valence-corrected chi connectivity index (χ0v) is 18.8. The molecular weight excluding hydrogens is 396 g/mol. The molecule has 32 heavy (non-hydrogen) atoms. The van der Waals surface area contributed by atoms with Crippen LogP contribution in [0.25, 0.3) is 0 Å². The summed E-state index contributed by atoms with van der Waals surface area (Å²) in [6.45, 7) is 5.63. The summed E-state index contributed by atoms with van der Waals surface area (Å²) in [5.41, 5.74) is 5.32. The van der Waals surface area contributed by atoms with Crippen LogP contribution in [0.15, 0.2) is 84.9 Å². The van der Waals surface area contributed by atoms with Gasteiger partial charge < -0.3 is 9.47 Å². The molecule has 0 aliphatic carbocycles. The smallest absolute Gasteiger partial charge is 0.110 e. The molecule has 0 amide bonds. The Morgan fingerprint density at radius 3 is 2.06 bits per heavy atom. The number of epoxide rings is 2. The van der Waals surface area contributed by atoms with Gasteiger partial charge in [-0.2, -0.15) is 0 Å². The van der Waals surface area contributed by atoms with Crippen LogP contribution in [0.1, 0.15) is 28.4 Å². The molecule has 3 atom stereocenters. The van der Waals surface area contributed by atoms with Crippen LogP contribution in [-0.4, -0.2) is 48.8 Å². The fraction of sp³-hybridized carbons (Fsp3) is 0.357. The summed E-state index contributed by atoms with van der Waals surface area (Å²) in [5, 5.41) is 0. The summed E-state index contributed by atoms with van der Waals surface area (Å²) in [4.78, 5) is 4.84. The second kappa shape index (κ2) is 9.97. The van der Waals surface area contributed by atoms with Crippen LogP contribution in [0.3, 0.4) is 0 Å². The van der Waals surface area contributed by atoms with Crippen molar-refractivity contribution in [3.05, 3.63) is 107 Å². The Kier molecular flexibility index (Phi) is 6.65. The Hall–Kier alpha value is -2.50. The number of benzene rings is 3. The van der Waals surface area contributed by atoms with E-state index in [4.69, 9.17) is 9.47 Å². The zero-order chi connectivity index (χ0) is 21.8. The Labute approximate surface area is 191 Å². The Morgan fingerprint density at radius 1 is 0.750 bits per heavy atom. The molecule has 3 unspecified atom stereocenters. The summed E-state index contributed by atoms with van der Waals surface area (Å²) in [5.74, 6) is 0. The average Bonchev–Trinajstić information content (AvgIpc) is 3.73. The molecule has 2 fully saturated rings. The van der Waals surface area contributed by atoms with E-state index in [1.807, 2.05) is 0 Å². The molecule has 5 rings (SSSR count). The van der Waals surface area contributed by atoms with Crippen molar-refractivity contribution >= 4 is 0 Å². The van der Waals surface area contributed by atoms with Gasteiger partial charge in [0, 0.05) is 32.7 Å². The molecule has 0 N–H and O–H groups in total. The van der Waals surface area contributed by atoms with Gasteiger partial charge in [-0.25, -0.2) is 0 Å². The first-order valence-electron chi connectivity index (χ1n) is 11.6. The monoisotopic (exact) mass is 428 g/mol. The third kappa shape index (κ3) is 6.05. The Morgan fingerprint density at radius 2 is 1.38 bits per heavy atom. The first-order valence-corrected chi connectivity index (χ1v) is 11.6. The normalized spacial score (nSPS) is 21.8. The maximum atomic E-state index is 6.07. The third-order valence-corrected chi connectivity index (χ3v) is 6.17. The van der Waals surface area contributed by atoms with E-state index in [-0.39, 0.29) is 12.2 Å². The molecule has 4 heteroatoms. The van der Waals surface area contributed by atoms with Gasteiger partial charge in [-0.15, -0.1) is 0 Å². The fourth-order valence-corrected chi connectivity index (χ4v) is 4.46. The molecule has 166 valence electrons. The molecule has 2 heterocycles. The molecule has 0 spiro atoms. The van der Waals surface area contributed by atoms with Crippen LogP contribution in [-0.2, 0) is 29.1 Å². The van der Waals surface area contributed by atoms with Crippen LogP contribution in [0, 0.1) is 0 Å². The van der Waals surface area contributed by atoms with E-state index >= 15 is 0 Å². The molecular formula is C28H32N2O2. The van der Waals surface area contributed by atoms with Crippen molar-refractivity contribution in [1.82, 2.24) is 9.80 Å². The van der Waals surface area contributed by atoms with Gasteiger partial charge in [0.1, 0.15) is 12.2 Å². The highest BCUT2D eigenvalue weighted by atomic mass is 16.6. The first-order chi connectivity index (χ1) is 15.7. The van der Waals surface area contributed by atoms with Crippen LogP contribution >= 0.6 is 0 Å². The molecule has 3 aromatic carbocycles. The Bertz CT molecular complexity index is 991. The number of nitrogens with zero attached hydrogens (tertiary/aromatic N) is 2. The van der Waals surface area contributed by atoms with Crippen molar-refractivity contribution in [3.63, 3.8) is 0 Å². The first kappa shape index (κ1) is 21.4. The van der Waals surface area contributed by atoms with Gasteiger partial charge in [0.05, 0.1) is 12.7 Å². The van der Waals surface area contributed by atoms with Gasteiger partial charge in [-0.3, -0.25) is 9.80 Å².